The second-order valence-corrected chi connectivity index (χ2v) is 5.06. The maximum atomic E-state index is 4.30. The molecule has 3 rings (SSSR count). The standard InChI is InChI=1S/C13H17N5/c1-10-7-17(2)9-13(10)18-8-12(15-16-18)11-5-3-4-6-14-11/h3-6,8,10,13H,7,9H2,1-2H3. The Hall–Kier alpha value is -1.75. The first-order valence-corrected chi connectivity index (χ1v) is 6.26. The zero-order valence-electron chi connectivity index (χ0n) is 10.7. The SMILES string of the molecule is CC1CN(C)CC1n1cc(-c2ccccn2)nn1. The van der Waals surface area contributed by atoms with Crippen molar-refractivity contribution in [3.63, 3.8) is 0 Å². The third-order valence-electron chi connectivity index (χ3n) is 3.53. The van der Waals surface area contributed by atoms with E-state index in [2.05, 4.69) is 34.2 Å². The van der Waals surface area contributed by atoms with E-state index in [4.69, 9.17) is 0 Å². The summed E-state index contributed by atoms with van der Waals surface area (Å²) in [6.45, 7) is 4.41. The fraction of sp³-hybridized carbons (Fsp3) is 0.462. The van der Waals surface area contributed by atoms with Gasteiger partial charge in [-0.05, 0) is 25.1 Å². The molecule has 2 aromatic heterocycles. The van der Waals surface area contributed by atoms with Gasteiger partial charge in [0.05, 0.1) is 17.9 Å². The van der Waals surface area contributed by atoms with Crippen LogP contribution < -0.4 is 0 Å². The molecule has 1 aliphatic rings. The quantitative estimate of drug-likeness (QED) is 0.801. The zero-order chi connectivity index (χ0) is 12.5. The van der Waals surface area contributed by atoms with Crippen molar-refractivity contribution in [2.24, 2.45) is 5.92 Å². The molecule has 0 aromatic carbocycles. The van der Waals surface area contributed by atoms with Crippen molar-refractivity contribution in [1.82, 2.24) is 24.9 Å². The van der Waals surface area contributed by atoms with Crippen molar-refractivity contribution in [3.8, 4) is 11.4 Å². The molecule has 0 amide bonds. The predicted molar refractivity (Wildman–Crippen MR) is 69.0 cm³/mol. The van der Waals surface area contributed by atoms with Crippen molar-refractivity contribution in [1.29, 1.82) is 0 Å². The summed E-state index contributed by atoms with van der Waals surface area (Å²) >= 11 is 0. The van der Waals surface area contributed by atoms with Crippen molar-refractivity contribution in [3.05, 3.63) is 30.6 Å². The highest BCUT2D eigenvalue weighted by molar-refractivity contribution is 5.51. The molecular formula is C13H17N5. The largest absolute Gasteiger partial charge is 0.304 e. The van der Waals surface area contributed by atoms with Crippen LogP contribution in [0.1, 0.15) is 13.0 Å². The highest BCUT2D eigenvalue weighted by Gasteiger charge is 2.29. The number of nitrogens with zero attached hydrogens (tertiary/aromatic N) is 5. The van der Waals surface area contributed by atoms with Crippen LogP contribution in [0.3, 0.4) is 0 Å². The lowest BCUT2D eigenvalue weighted by atomic mass is 10.1. The average molecular weight is 243 g/mol. The third-order valence-corrected chi connectivity index (χ3v) is 3.53. The monoisotopic (exact) mass is 243 g/mol. The fourth-order valence-electron chi connectivity index (χ4n) is 2.60. The lowest BCUT2D eigenvalue weighted by Gasteiger charge is -2.13. The average Bonchev–Trinajstić information content (AvgIpc) is 2.97. The molecule has 2 atom stereocenters. The van der Waals surface area contributed by atoms with Crippen molar-refractivity contribution in [2.75, 3.05) is 20.1 Å². The van der Waals surface area contributed by atoms with Gasteiger partial charge in [-0.15, -0.1) is 5.10 Å². The molecule has 0 spiro atoms. The van der Waals surface area contributed by atoms with Gasteiger partial charge in [0.1, 0.15) is 5.69 Å². The van der Waals surface area contributed by atoms with E-state index in [9.17, 15) is 0 Å². The van der Waals surface area contributed by atoms with Crippen molar-refractivity contribution >= 4 is 0 Å². The van der Waals surface area contributed by atoms with E-state index in [-0.39, 0.29) is 0 Å². The van der Waals surface area contributed by atoms with Gasteiger partial charge in [0.2, 0.25) is 0 Å². The van der Waals surface area contributed by atoms with Crippen LogP contribution in [0.4, 0.5) is 0 Å². The second-order valence-electron chi connectivity index (χ2n) is 5.06. The zero-order valence-corrected chi connectivity index (χ0v) is 10.7. The normalized spacial score (nSPS) is 24.6. The summed E-state index contributed by atoms with van der Waals surface area (Å²) in [6, 6.07) is 6.24. The van der Waals surface area contributed by atoms with Crippen LogP contribution >= 0.6 is 0 Å². The first-order chi connectivity index (χ1) is 8.74. The van der Waals surface area contributed by atoms with Crippen LogP contribution in [0, 0.1) is 5.92 Å². The van der Waals surface area contributed by atoms with Crippen LogP contribution in [0.2, 0.25) is 0 Å². The van der Waals surface area contributed by atoms with E-state index >= 15 is 0 Å². The van der Waals surface area contributed by atoms with Crippen LogP contribution in [-0.2, 0) is 0 Å². The van der Waals surface area contributed by atoms with Crippen molar-refractivity contribution < 1.29 is 0 Å². The van der Waals surface area contributed by atoms with Gasteiger partial charge in [-0.2, -0.15) is 0 Å². The topological polar surface area (TPSA) is 46.8 Å². The number of pyridine rings is 1. The Bertz CT molecular complexity index is 521. The number of hydrogen-bond donors (Lipinski definition) is 0. The molecule has 18 heavy (non-hydrogen) atoms. The van der Waals surface area contributed by atoms with E-state index in [1.807, 2.05) is 29.1 Å². The number of hydrogen-bond acceptors (Lipinski definition) is 4. The van der Waals surface area contributed by atoms with Crippen LogP contribution in [0.25, 0.3) is 11.4 Å². The lowest BCUT2D eigenvalue weighted by Crippen LogP contribution is -2.17. The van der Waals surface area contributed by atoms with Gasteiger partial charge in [-0.25, -0.2) is 4.68 Å². The predicted octanol–water partition coefficient (Wildman–Crippen LogP) is 1.46. The Morgan fingerprint density at radius 1 is 1.22 bits per heavy atom. The summed E-state index contributed by atoms with van der Waals surface area (Å²) in [5.41, 5.74) is 1.72. The number of rotatable bonds is 2. The summed E-state index contributed by atoms with van der Waals surface area (Å²) in [6.07, 6.45) is 3.78. The lowest BCUT2D eigenvalue weighted by molar-refractivity contribution is 0.373. The van der Waals surface area contributed by atoms with Crippen molar-refractivity contribution in [2.45, 2.75) is 13.0 Å². The fourth-order valence-corrected chi connectivity index (χ4v) is 2.60. The molecule has 5 heteroatoms. The molecule has 1 fully saturated rings. The Morgan fingerprint density at radius 2 is 2.11 bits per heavy atom. The van der Waals surface area contributed by atoms with Gasteiger partial charge in [-0.3, -0.25) is 4.98 Å². The van der Waals surface area contributed by atoms with Gasteiger partial charge < -0.3 is 4.90 Å². The summed E-state index contributed by atoms with van der Waals surface area (Å²) in [5.74, 6) is 0.605. The first-order valence-electron chi connectivity index (χ1n) is 6.26. The molecule has 94 valence electrons. The maximum Gasteiger partial charge on any atom is 0.131 e. The summed E-state index contributed by atoms with van der Waals surface area (Å²) in [4.78, 5) is 6.63. The van der Waals surface area contributed by atoms with Gasteiger partial charge in [-0.1, -0.05) is 18.2 Å². The van der Waals surface area contributed by atoms with E-state index in [1.54, 1.807) is 6.20 Å². The number of likely N-dealkylation sites (tertiary alicyclic amines) is 1. The minimum absolute atomic E-state index is 0.417. The molecule has 0 radical (unpaired) electrons. The summed E-state index contributed by atoms with van der Waals surface area (Å²) in [5, 5.41) is 8.48. The molecule has 1 saturated heterocycles. The molecule has 2 unspecified atom stereocenters. The molecule has 1 aliphatic heterocycles. The Balaban J connectivity index is 1.86. The van der Waals surface area contributed by atoms with E-state index in [0.29, 0.717) is 12.0 Å². The smallest absolute Gasteiger partial charge is 0.131 e. The summed E-state index contributed by atoms with van der Waals surface area (Å²) in [7, 11) is 2.15. The van der Waals surface area contributed by atoms with Crippen LogP contribution in [0.5, 0.6) is 0 Å². The first kappa shape index (κ1) is 11.3. The van der Waals surface area contributed by atoms with E-state index in [0.717, 1.165) is 24.5 Å². The summed E-state index contributed by atoms with van der Waals surface area (Å²) < 4.78 is 1.98. The second kappa shape index (κ2) is 4.49. The molecule has 0 saturated carbocycles. The Kier molecular flexibility index (Phi) is 2.83. The Morgan fingerprint density at radius 3 is 2.78 bits per heavy atom. The number of aromatic nitrogens is 4. The molecule has 5 nitrogen and oxygen atoms in total. The van der Waals surface area contributed by atoms with Gasteiger partial charge in [0, 0.05) is 19.3 Å². The van der Waals surface area contributed by atoms with E-state index < -0.39 is 0 Å². The van der Waals surface area contributed by atoms with Crippen LogP contribution in [0.15, 0.2) is 30.6 Å². The van der Waals surface area contributed by atoms with E-state index in [1.165, 1.54) is 0 Å². The molecule has 2 aromatic rings. The molecule has 3 heterocycles. The molecular weight excluding hydrogens is 226 g/mol. The highest BCUT2D eigenvalue weighted by Crippen LogP contribution is 2.26. The number of likely N-dealkylation sites (N-methyl/N-ethyl adjacent to an activating group) is 1. The van der Waals surface area contributed by atoms with Gasteiger partial charge >= 0.3 is 0 Å². The van der Waals surface area contributed by atoms with Crippen LogP contribution in [-0.4, -0.2) is 45.0 Å². The Labute approximate surface area is 106 Å². The molecule has 0 bridgehead atoms. The molecule has 0 aliphatic carbocycles. The molecule has 0 N–H and O–H groups in total. The maximum absolute atomic E-state index is 4.30. The van der Waals surface area contributed by atoms with Gasteiger partial charge in [0.25, 0.3) is 0 Å². The third kappa shape index (κ3) is 2.01. The minimum Gasteiger partial charge on any atom is -0.304 e. The van der Waals surface area contributed by atoms with Gasteiger partial charge in [0.15, 0.2) is 0 Å². The highest BCUT2D eigenvalue weighted by atomic mass is 15.4. The minimum atomic E-state index is 0.417.